The third-order valence-electron chi connectivity index (χ3n) is 5.62. The van der Waals surface area contributed by atoms with Gasteiger partial charge in [0.2, 0.25) is 0 Å². The van der Waals surface area contributed by atoms with Gasteiger partial charge in [-0.15, -0.1) is 0 Å². The predicted octanol–water partition coefficient (Wildman–Crippen LogP) is 4.33. The number of hydrogen-bond acceptors (Lipinski definition) is 4. The maximum Gasteiger partial charge on any atom is 0.339 e. The van der Waals surface area contributed by atoms with Crippen LogP contribution in [0.2, 0.25) is 5.02 Å². The van der Waals surface area contributed by atoms with Crippen molar-refractivity contribution in [1.29, 1.82) is 0 Å². The van der Waals surface area contributed by atoms with Gasteiger partial charge in [0, 0.05) is 29.1 Å². The number of benzene rings is 2. The quantitative estimate of drug-likeness (QED) is 0.633. The van der Waals surface area contributed by atoms with Gasteiger partial charge in [-0.3, -0.25) is 4.90 Å². The molecule has 0 bridgehead atoms. The average molecular weight is 382 g/mol. The van der Waals surface area contributed by atoms with Gasteiger partial charge < -0.3 is 9.15 Å². The molecule has 3 aromatic rings. The van der Waals surface area contributed by atoms with E-state index in [4.69, 9.17) is 20.8 Å². The summed E-state index contributed by atoms with van der Waals surface area (Å²) in [5.41, 5.74) is 4.78. The molecule has 5 rings (SSSR count). The SMILES string of the molecule is O=c1oc2c3c(ccc2c2c1CCC2)OCN(CCc1ccc(Cl)cc1)C3. The molecule has 1 aliphatic heterocycles. The third kappa shape index (κ3) is 3.03. The van der Waals surface area contributed by atoms with Crippen molar-refractivity contribution in [1.82, 2.24) is 4.90 Å². The summed E-state index contributed by atoms with van der Waals surface area (Å²) in [7, 11) is 0. The maximum absolute atomic E-state index is 12.4. The first-order valence-electron chi connectivity index (χ1n) is 9.39. The number of halogens is 1. The number of rotatable bonds is 3. The van der Waals surface area contributed by atoms with Crippen molar-refractivity contribution < 1.29 is 9.15 Å². The Balaban J connectivity index is 1.44. The molecular weight excluding hydrogens is 362 g/mol. The van der Waals surface area contributed by atoms with Gasteiger partial charge in [0.05, 0.1) is 5.56 Å². The van der Waals surface area contributed by atoms with Gasteiger partial charge in [0.1, 0.15) is 18.1 Å². The molecule has 138 valence electrons. The summed E-state index contributed by atoms with van der Waals surface area (Å²) in [4.78, 5) is 14.6. The minimum Gasteiger partial charge on any atom is -0.478 e. The van der Waals surface area contributed by atoms with Crippen LogP contribution in [0.4, 0.5) is 0 Å². The highest BCUT2D eigenvalue weighted by Gasteiger charge is 2.25. The number of fused-ring (bicyclic) bond motifs is 5. The van der Waals surface area contributed by atoms with E-state index in [0.29, 0.717) is 12.3 Å². The standard InChI is InChI=1S/C22H20ClNO3/c23-15-6-4-14(5-7-15)10-11-24-12-19-20(26-13-24)9-8-17-16-2-1-3-18(16)22(25)27-21(17)19/h4-9H,1-3,10-13H2. The fraction of sp³-hybridized carbons (Fsp3) is 0.318. The third-order valence-corrected chi connectivity index (χ3v) is 5.87. The van der Waals surface area contributed by atoms with Crippen LogP contribution in [0, 0.1) is 0 Å². The lowest BCUT2D eigenvalue weighted by atomic mass is 10.0. The van der Waals surface area contributed by atoms with Crippen LogP contribution >= 0.6 is 11.6 Å². The Morgan fingerprint density at radius 2 is 1.81 bits per heavy atom. The second-order valence-corrected chi connectivity index (χ2v) is 7.76. The van der Waals surface area contributed by atoms with E-state index < -0.39 is 0 Å². The minimum atomic E-state index is -0.179. The van der Waals surface area contributed by atoms with E-state index in [0.717, 1.165) is 66.1 Å². The van der Waals surface area contributed by atoms with Gasteiger partial charge in [-0.25, -0.2) is 4.79 Å². The van der Waals surface area contributed by atoms with Crippen molar-refractivity contribution in [2.75, 3.05) is 13.3 Å². The molecule has 2 aromatic carbocycles. The largest absolute Gasteiger partial charge is 0.478 e. The summed E-state index contributed by atoms with van der Waals surface area (Å²) in [6, 6.07) is 12.0. The molecule has 1 aliphatic carbocycles. The molecule has 1 aromatic heterocycles. The zero-order valence-corrected chi connectivity index (χ0v) is 15.7. The maximum atomic E-state index is 12.4. The van der Waals surface area contributed by atoms with Gasteiger partial charge in [0.25, 0.3) is 0 Å². The molecule has 0 radical (unpaired) electrons. The van der Waals surface area contributed by atoms with Gasteiger partial charge >= 0.3 is 5.63 Å². The van der Waals surface area contributed by atoms with Crippen molar-refractivity contribution in [3.63, 3.8) is 0 Å². The van der Waals surface area contributed by atoms with Crippen molar-refractivity contribution >= 4 is 22.6 Å². The number of ether oxygens (including phenoxy) is 1. The topological polar surface area (TPSA) is 42.7 Å². The van der Waals surface area contributed by atoms with E-state index >= 15 is 0 Å². The fourth-order valence-corrected chi connectivity index (χ4v) is 4.31. The highest BCUT2D eigenvalue weighted by molar-refractivity contribution is 6.30. The molecule has 2 heterocycles. The summed E-state index contributed by atoms with van der Waals surface area (Å²) >= 11 is 5.96. The highest BCUT2D eigenvalue weighted by Crippen LogP contribution is 2.35. The molecule has 4 nitrogen and oxygen atoms in total. The number of hydrogen-bond donors (Lipinski definition) is 0. The molecule has 0 unspecified atom stereocenters. The first-order chi connectivity index (χ1) is 13.2. The molecule has 0 N–H and O–H groups in total. The Hall–Kier alpha value is -2.30. The molecule has 0 spiro atoms. The van der Waals surface area contributed by atoms with Crippen LogP contribution in [0.15, 0.2) is 45.6 Å². The average Bonchev–Trinajstić information content (AvgIpc) is 3.18. The Morgan fingerprint density at radius 1 is 1.00 bits per heavy atom. The summed E-state index contributed by atoms with van der Waals surface area (Å²) in [5.74, 6) is 0.825. The first kappa shape index (κ1) is 16.8. The molecule has 0 amide bonds. The van der Waals surface area contributed by atoms with Crippen molar-refractivity contribution in [2.24, 2.45) is 0 Å². The van der Waals surface area contributed by atoms with Gasteiger partial charge in [-0.1, -0.05) is 23.7 Å². The molecule has 0 saturated carbocycles. The van der Waals surface area contributed by atoms with Crippen LogP contribution in [0.25, 0.3) is 11.0 Å². The van der Waals surface area contributed by atoms with Gasteiger partial charge in [-0.05, 0) is 61.1 Å². The lowest BCUT2D eigenvalue weighted by molar-refractivity contribution is 0.0968. The Bertz CT molecular complexity index is 1070. The summed E-state index contributed by atoms with van der Waals surface area (Å²) in [6.07, 6.45) is 3.73. The molecule has 2 aliphatic rings. The Labute approximate surface area is 162 Å². The van der Waals surface area contributed by atoms with Crippen LogP contribution in [0.1, 0.15) is 28.7 Å². The molecule has 0 fully saturated rings. The van der Waals surface area contributed by atoms with Crippen molar-refractivity contribution in [2.45, 2.75) is 32.2 Å². The summed E-state index contributed by atoms with van der Waals surface area (Å²) < 4.78 is 11.7. The molecule has 0 atom stereocenters. The lowest BCUT2D eigenvalue weighted by Gasteiger charge is -2.29. The van der Waals surface area contributed by atoms with Crippen LogP contribution in [-0.4, -0.2) is 18.2 Å². The zero-order valence-electron chi connectivity index (χ0n) is 15.0. The number of aryl methyl sites for hydroxylation is 1. The smallest absolute Gasteiger partial charge is 0.339 e. The predicted molar refractivity (Wildman–Crippen MR) is 106 cm³/mol. The fourth-order valence-electron chi connectivity index (χ4n) is 4.18. The highest BCUT2D eigenvalue weighted by atomic mass is 35.5. The zero-order chi connectivity index (χ0) is 18.4. The normalized spacial score (nSPS) is 16.2. The van der Waals surface area contributed by atoms with E-state index in [1.54, 1.807) is 0 Å². The van der Waals surface area contributed by atoms with Crippen LogP contribution in [0.5, 0.6) is 5.75 Å². The van der Waals surface area contributed by atoms with Gasteiger partial charge in [0.15, 0.2) is 0 Å². The minimum absolute atomic E-state index is 0.179. The Morgan fingerprint density at radius 3 is 2.67 bits per heavy atom. The van der Waals surface area contributed by atoms with Crippen LogP contribution < -0.4 is 10.4 Å². The molecular formula is C22H20ClNO3. The Kier molecular flexibility index (Phi) is 4.18. The van der Waals surface area contributed by atoms with E-state index in [-0.39, 0.29) is 5.63 Å². The van der Waals surface area contributed by atoms with E-state index in [2.05, 4.69) is 17.0 Å². The summed E-state index contributed by atoms with van der Waals surface area (Å²) in [5, 5.41) is 1.83. The van der Waals surface area contributed by atoms with Crippen molar-refractivity contribution in [3.05, 3.63) is 74.1 Å². The molecule has 27 heavy (non-hydrogen) atoms. The molecule has 5 heteroatoms. The number of nitrogens with zero attached hydrogens (tertiary/aromatic N) is 1. The van der Waals surface area contributed by atoms with Crippen molar-refractivity contribution in [3.8, 4) is 5.75 Å². The monoisotopic (exact) mass is 381 g/mol. The van der Waals surface area contributed by atoms with E-state index in [1.165, 1.54) is 11.1 Å². The van der Waals surface area contributed by atoms with E-state index in [9.17, 15) is 4.79 Å². The van der Waals surface area contributed by atoms with Crippen LogP contribution in [0.3, 0.4) is 0 Å². The second-order valence-electron chi connectivity index (χ2n) is 7.32. The van der Waals surface area contributed by atoms with Crippen LogP contribution in [-0.2, 0) is 25.8 Å². The summed E-state index contributed by atoms with van der Waals surface area (Å²) in [6.45, 7) is 2.13. The lowest BCUT2D eigenvalue weighted by Crippen LogP contribution is -2.33. The first-order valence-corrected chi connectivity index (χ1v) is 9.77. The van der Waals surface area contributed by atoms with E-state index in [1.807, 2.05) is 24.3 Å². The second kappa shape index (κ2) is 6.70. The van der Waals surface area contributed by atoms with Gasteiger partial charge in [-0.2, -0.15) is 0 Å². The molecule has 0 saturated heterocycles.